The van der Waals surface area contributed by atoms with Crippen LogP contribution in [0.2, 0.25) is 0 Å². The van der Waals surface area contributed by atoms with Crippen molar-refractivity contribution < 1.29 is 0 Å². The van der Waals surface area contributed by atoms with Gasteiger partial charge in [0, 0.05) is 5.92 Å². The van der Waals surface area contributed by atoms with E-state index in [9.17, 15) is 0 Å². The fourth-order valence-electron chi connectivity index (χ4n) is 4.37. The van der Waals surface area contributed by atoms with E-state index in [0.717, 1.165) is 11.2 Å². The first-order valence-electron chi connectivity index (χ1n) is 13.3. The molecular weight excluding hydrogens is 356 g/mol. The summed E-state index contributed by atoms with van der Waals surface area (Å²) in [5.74, 6) is 3.97. The van der Waals surface area contributed by atoms with Crippen molar-refractivity contribution in [2.24, 2.45) is 5.92 Å². The van der Waals surface area contributed by atoms with Gasteiger partial charge in [0.1, 0.15) is 16.8 Å². The third-order valence-corrected chi connectivity index (χ3v) is 9.55. The van der Waals surface area contributed by atoms with Gasteiger partial charge in [0.2, 0.25) is 0 Å². The summed E-state index contributed by atoms with van der Waals surface area (Å²) < 4.78 is 0. The smallest absolute Gasteiger partial charge is 0.0654 e. The van der Waals surface area contributed by atoms with Crippen LogP contribution in [0.5, 0.6) is 0 Å². The molecule has 0 N–H and O–H groups in total. The normalized spacial score (nSPS) is 13.0. The Hall–Kier alpha value is 0.350. The zero-order valence-electron chi connectivity index (χ0n) is 20.7. The lowest BCUT2D eigenvalue weighted by Gasteiger charge is -2.23. The maximum Gasteiger partial charge on any atom is 0.120 e. The van der Waals surface area contributed by atoms with Crippen molar-refractivity contribution >= 4 is 10.9 Å². The van der Waals surface area contributed by atoms with E-state index in [-0.39, 0.29) is 0 Å². The molecule has 0 bridgehead atoms. The molecule has 0 nitrogen and oxygen atoms in total. The molecule has 0 heterocycles. The van der Waals surface area contributed by atoms with Gasteiger partial charge in [-0.1, -0.05) is 112 Å². The van der Waals surface area contributed by atoms with Crippen LogP contribution in [0.3, 0.4) is 0 Å². The zero-order valence-corrected chi connectivity index (χ0v) is 21.5. The summed E-state index contributed by atoms with van der Waals surface area (Å²) in [6.07, 6.45) is 26.2. The van der Waals surface area contributed by atoms with Gasteiger partial charge in [0.15, 0.2) is 0 Å². The first-order valence-corrected chi connectivity index (χ1v) is 15.0. The SMILES string of the molecule is CCCCCCCC[S+](CCCCCCCC)C(CCCCCCC)C(C)C. The Morgan fingerprint density at radius 3 is 1.21 bits per heavy atom. The molecule has 1 heteroatoms. The van der Waals surface area contributed by atoms with Crippen LogP contribution < -0.4 is 0 Å². The number of rotatable bonds is 22. The van der Waals surface area contributed by atoms with Crippen LogP contribution in [-0.4, -0.2) is 16.8 Å². The second-order valence-corrected chi connectivity index (χ2v) is 12.0. The van der Waals surface area contributed by atoms with Gasteiger partial charge in [-0.15, -0.1) is 0 Å². The number of hydrogen-bond acceptors (Lipinski definition) is 0. The van der Waals surface area contributed by atoms with Crippen LogP contribution in [0.15, 0.2) is 0 Å². The number of hydrogen-bond donors (Lipinski definition) is 0. The molecule has 0 aliphatic heterocycles. The van der Waals surface area contributed by atoms with E-state index in [1.165, 1.54) is 116 Å². The van der Waals surface area contributed by atoms with E-state index in [2.05, 4.69) is 34.6 Å². The molecule has 28 heavy (non-hydrogen) atoms. The van der Waals surface area contributed by atoms with Gasteiger partial charge in [0.25, 0.3) is 0 Å². The summed E-state index contributed by atoms with van der Waals surface area (Å²) in [4.78, 5) is 0. The molecule has 0 aromatic rings. The lowest BCUT2D eigenvalue weighted by atomic mass is 10.0. The highest BCUT2D eigenvalue weighted by molar-refractivity contribution is 7.97. The maximum atomic E-state index is 2.51. The maximum absolute atomic E-state index is 2.51. The molecule has 0 aliphatic rings. The summed E-state index contributed by atoms with van der Waals surface area (Å²) in [6.45, 7) is 12.0. The molecule has 0 spiro atoms. The van der Waals surface area contributed by atoms with Crippen LogP contribution in [-0.2, 0) is 10.9 Å². The van der Waals surface area contributed by atoms with Crippen LogP contribution in [0.4, 0.5) is 0 Å². The second-order valence-electron chi connectivity index (χ2n) is 9.47. The molecule has 0 aromatic carbocycles. The summed E-state index contributed by atoms with van der Waals surface area (Å²) in [7, 11) is 0.686. The molecule has 0 rings (SSSR count). The predicted octanol–water partition coefficient (Wildman–Crippen LogP) is 9.71. The fraction of sp³-hybridized carbons (Fsp3) is 1.00. The summed E-state index contributed by atoms with van der Waals surface area (Å²) in [5.41, 5.74) is 0. The van der Waals surface area contributed by atoms with Crippen molar-refractivity contribution in [2.45, 2.75) is 155 Å². The molecule has 0 saturated heterocycles. The first kappa shape index (κ1) is 28.4. The minimum absolute atomic E-state index is 0.686. The van der Waals surface area contributed by atoms with Crippen molar-refractivity contribution in [3.05, 3.63) is 0 Å². The van der Waals surface area contributed by atoms with Gasteiger partial charge in [-0.05, 0) is 49.4 Å². The van der Waals surface area contributed by atoms with E-state index in [1.807, 2.05) is 0 Å². The van der Waals surface area contributed by atoms with Gasteiger partial charge in [-0.3, -0.25) is 0 Å². The molecule has 0 aliphatic carbocycles. The van der Waals surface area contributed by atoms with Crippen molar-refractivity contribution in [3.63, 3.8) is 0 Å². The predicted molar refractivity (Wildman–Crippen MR) is 136 cm³/mol. The van der Waals surface area contributed by atoms with Crippen LogP contribution in [0, 0.1) is 5.92 Å². The molecule has 1 atom stereocenters. The Morgan fingerprint density at radius 2 is 0.821 bits per heavy atom. The highest BCUT2D eigenvalue weighted by atomic mass is 32.2. The fourth-order valence-corrected chi connectivity index (χ4v) is 7.60. The van der Waals surface area contributed by atoms with Gasteiger partial charge in [0.05, 0.1) is 0 Å². The Labute approximate surface area is 183 Å². The highest BCUT2D eigenvalue weighted by Crippen LogP contribution is 2.25. The quantitative estimate of drug-likeness (QED) is 0.122. The zero-order chi connectivity index (χ0) is 20.9. The van der Waals surface area contributed by atoms with Gasteiger partial charge in [-0.2, -0.15) is 0 Å². The Morgan fingerprint density at radius 1 is 0.464 bits per heavy atom. The molecule has 0 aromatic heterocycles. The Bertz CT molecular complexity index is 270. The van der Waals surface area contributed by atoms with Crippen LogP contribution in [0.25, 0.3) is 0 Å². The Kier molecular flexibility index (Phi) is 22.3. The first-order chi connectivity index (χ1) is 13.7. The second kappa shape index (κ2) is 22.0. The third-order valence-electron chi connectivity index (χ3n) is 6.28. The topological polar surface area (TPSA) is 0 Å². The van der Waals surface area contributed by atoms with E-state index in [0.29, 0.717) is 10.9 Å². The molecule has 0 radical (unpaired) electrons. The molecule has 170 valence electrons. The summed E-state index contributed by atoms with van der Waals surface area (Å²) >= 11 is 0. The molecule has 0 amide bonds. The summed E-state index contributed by atoms with van der Waals surface area (Å²) in [6, 6.07) is 0. The van der Waals surface area contributed by atoms with Gasteiger partial charge in [-0.25, -0.2) is 0 Å². The molecular formula is C27H57S+. The van der Waals surface area contributed by atoms with Crippen molar-refractivity contribution in [1.82, 2.24) is 0 Å². The average Bonchev–Trinajstić information content (AvgIpc) is 2.68. The van der Waals surface area contributed by atoms with Crippen molar-refractivity contribution in [3.8, 4) is 0 Å². The van der Waals surface area contributed by atoms with E-state index < -0.39 is 0 Å². The molecule has 0 saturated carbocycles. The number of unbranched alkanes of at least 4 members (excludes halogenated alkanes) is 14. The van der Waals surface area contributed by atoms with Crippen molar-refractivity contribution in [2.75, 3.05) is 11.5 Å². The monoisotopic (exact) mass is 413 g/mol. The Balaban J connectivity index is 4.38. The standard InChI is InChI=1S/C27H57S/c1-6-9-12-15-18-21-24-28(25-22-19-16-13-10-7-2)27(26(4)5)23-20-17-14-11-8-3/h26-27H,6-25H2,1-5H3/q+1. The van der Waals surface area contributed by atoms with Crippen LogP contribution >= 0.6 is 0 Å². The highest BCUT2D eigenvalue weighted by Gasteiger charge is 2.31. The minimum atomic E-state index is 0.686. The third kappa shape index (κ3) is 17.2. The lowest BCUT2D eigenvalue weighted by molar-refractivity contribution is 0.521. The molecule has 1 unspecified atom stereocenters. The van der Waals surface area contributed by atoms with Gasteiger partial charge >= 0.3 is 0 Å². The lowest BCUT2D eigenvalue weighted by Crippen LogP contribution is -2.32. The average molecular weight is 414 g/mol. The largest absolute Gasteiger partial charge is 0.120 e. The minimum Gasteiger partial charge on any atom is -0.0654 e. The molecule has 0 fully saturated rings. The van der Waals surface area contributed by atoms with Crippen LogP contribution in [0.1, 0.15) is 150 Å². The van der Waals surface area contributed by atoms with E-state index in [4.69, 9.17) is 0 Å². The van der Waals surface area contributed by atoms with Crippen molar-refractivity contribution in [1.29, 1.82) is 0 Å². The van der Waals surface area contributed by atoms with Gasteiger partial charge < -0.3 is 0 Å². The van der Waals surface area contributed by atoms with E-state index in [1.54, 1.807) is 11.5 Å². The van der Waals surface area contributed by atoms with E-state index >= 15 is 0 Å². The summed E-state index contributed by atoms with van der Waals surface area (Å²) in [5, 5.41) is 1.01.